The molecule has 5 heteroatoms. The van der Waals surface area contributed by atoms with E-state index in [0.29, 0.717) is 11.1 Å². The number of ketones is 1. The van der Waals surface area contributed by atoms with Gasteiger partial charge in [0, 0.05) is 17.3 Å². The third-order valence-electron chi connectivity index (χ3n) is 3.44. The van der Waals surface area contributed by atoms with Gasteiger partial charge >= 0.3 is 5.97 Å². The second-order valence-electron chi connectivity index (χ2n) is 5.08. The molecule has 5 nitrogen and oxygen atoms in total. The van der Waals surface area contributed by atoms with Crippen molar-refractivity contribution in [2.75, 3.05) is 0 Å². The van der Waals surface area contributed by atoms with Crippen molar-refractivity contribution in [2.24, 2.45) is 0 Å². The molecule has 1 aromatic heterocycles. The van der Waals surface area contributed by atoms with E-state index in [1.54, 1.807) is 30.5 Å². The summed E-state index contributed by atoms with van der Waals surface area (Å²) in [5, 5.41) is 13.4. The fourth-order valence-corrected chi connectivity index (χ4v) is 2.25. The Kier molecular flexibility index (Phi) is 4.34. The van der Waals surface area contributed by atoms with E-state index in [1.807, 2.05) is 36.4 Å². The molecule has 0 unspecified atom stereocenters. The van der Waals surface area contributed by atoms with Gasteiger partial charge in [-0.05, 0) is 24.3 Å². The first-order valence-electron chi connectivity index (χ1n) is 7.31. The minimum atomic E-state index is -1.14. The van der Waals surface area contributed by atoms with Gasteiger partial charge in [-0.2, -0.15) is 5.10 Å². The molecule has 0 aliphatic carbocycles. The smallest absolute Gasteiger partial charge is 0.357 e. The molecule has 3 aromatic rings. The summed E-state index contributed by atoms with van der Waals surface area (Å²) in [5.74, 6) is -1.34. The highest BCUT2D eigenvalue weighted by atomic mass is 16.4. The molecular weight excluding hydrogens is 304 g/mol. The number of carbonyl (C=O) groups excluding carboxylic acids is 1. The lowest BCUT2D eigenvalue weighted by Gasteiger charge is -1.98. The average molecular weight is 318 g/mol. The third-order valence-corrected chi connectivity index (χ3v) is 3.44. The van der Waals surface area contributed by atoms with Gasteiger partial charge < -0.3 is 5.11 Å². The van der Waals surface area contributed by atoms with E-state index in [1.165, 1.54) is 16.8 Å². The van der Waals surface area contributed by atoms with Crippen LogP contribution >= 0.6 is 0 Å². The molecule has 0 spiro atoms. The summed E-state index contributed by atoms with van der Waals surface area (Å²) in [6, 6.07) is 18.0. The van der Waals surface area contributed by atoms with Gasteiger partial charge in [0.25, 0.3) is 0 Å². The van der Waals surface area contributed by atoms with Gasteiger partial charge in [0.05, 0.1) is 5.69 Å². The lowest BCUT2D eigenvalue weighted by molar-refractivity contribution is 0.0689. The SMILES string of the molecule is O=C(/C=C/c1cn(-c2ccccc2)nc1C(=O)O)c1ccccc1. The zero-order chi connectivity index (χ0) is 16.9. The van der Waals surface area contributed by atoms with Gasteiger partial charge in [0.2, 0.25) is 0 Å². The highest BCUT2D eigenvalue weighted by Crippen LogP contribution is 2.15. The number of rotatable bonds is 5. The summed E-state index contributed by atoms with van der Waals surface area (Å²) >= 11 is 0. The Morgan fingerprint density at radius 2 is 1.58 bits per heavy atom. The van der Waals surface area contributed by atoms with Crippen LogP contribution in [0.4, 0.5) is 0 Å². The summed E-state index contributed by atoms with van der Waals surface area (Å²) in [6.07, 6.45) is 4.42. The van der Waals surface area contributed by atoms with Crippen molar-refractivity contribution in [1.82, 2.24) is 9.78 Å². The molecule has 0 saturated carbocycles. The first-order chi connectivity index (χ1) is 11.6. The summed E-state index contributed by atoms with van der Waals surface area (Å²) in [5.41, 5.74) is 1.56. The molecular formula is C19H14N2O3. The van der Waals surface area contributed by atoms with Crippen molar-refractivity contribution >= 4 is 17.8 Å². The largest absolute Gasteiger partial charge is 0.476 e. The quantitative estimate of drug-likeness (QED) is 0.577. The predicted octanol–water partition coefficient (Wildman–Crippen LogP) is 3.47. The number of aromatic carboxylic acids is 1. The molecule has 24 heavy (non-hydrogen) atoms. The van der Waals surface area contributed by atoms with Crippen molar-refractivity contribution in [1.29, 1.82) is 0 Å². The molecule has 0 aliphatic heterocycles. The van der Waals surface area contributed by atoms with Crippen LogP contribution in [0.2, 0.25) is 0 Å². The van der Waals surface area contributed by atoms with Gasteiger partial charge in [-0.3, -0.25) is 4.79 Å². The number of benzene rings is 2. The minimum Gasteiger partial charge on any atom is -0.476 e. The number of allylic oxidation sites excluding steroid dienone is 1. The second kappa shape index (κ2) is 6.75. The molecule has 0 amide bonds. The fourth-order valence-electron chi connectivity index (χ4n) is 2.25. The predicted molar refractivity (Wildman–Crippen MR) is 90.3 cm³/mol. The topological polar surface area (TPSA) is 72.2 Å². The van der Waals surface area contributed by atoms with Crippen molar-refractivity contribution in [3.05, 3.63) is 89.8 Å². The van der Waals surface area contributed by atoms with Crippen molar-refractivity contribution in [3.8, 4) is 5.69 Å². The van der Waals surface area contributed by atoms with Gasteiger partial charge in [-0.15, -0.1) is 0 Å². The van der Waals surface area contributed by atoms with E-state index < -0.39 is 5.97 Å². The number of hydrogen-bond donors (Lipinski definition) is 1. The van der Waals surface area contributed by atoms with Crippen molar-refractivity contribution < 1.29 is 14.7 Å². The Morgan fingerprint density at radius 1 is 0.958 bits per heavy atom. The molecule has 1 heterocycles. The van der Waals surface area contributed by atoms with E-state index in [4.69, 9.17) is 0 Å². The Bertz CT molecular complexity index is 897. The molecule has 0 aliphatic rings. The maximum Gasteiger partial charge on any atom is 0.357 e. The van der Waals surface area contributed by atoms with Gasteiger partial charge in [-0.1, -0.05) is 48.5 Å². The Labute approximate surface area is 138 Å². The number of carbonyl (C=O) groups is 2. The van der Waals surface area contributed by atoms with Crippen LogP contribution in [-0.2, 0) is 0 Å². The average Bonchev–Trinajstić information content (AvgIpc) is 3.06. The Balaban J connectivity index is 1.93. The van der Waals surface area contributed by atoms with Crippen LogP contribution in [0.25, 0.3) is 11.8 Å². The van der Waals surface area contributed by atoms with Crippen molar-refractivity contribution in [3.63, 3.8) is 0 Å². The highest BCUT2D eigenvalue weighted by molar-refractivity contribution is 6.07. The lowest BCUT2D eigenvalue weighted by atomic mass is 10.1. The fraction of sp³-hybridized carbons (Fsp3) is 0. The number of carboxylic acid groups (broad SMARTS) is 1. The first-order valence-corrected chi connectivity index (χ1v) is 7.31. The number of aromatic nitrogens is 2. The van der Waals surface area contributed by atoms with Gasteiger partial charge in [-0.25, -0.2) is 9.48 Å². The van der Waals surface area contributed by atoms with Crippen LogP contribution in [0.3, 0.4) is 0 Å². The highest BCUT2D eigenvalue weighted by Gasteiger charge is 2.15. The van der Waals surface area contributed by atoms with Crippen LogP contribution in [0.15, 0.2) is 72.9 Å². The minimum absolute atomic E-state index is 0.101. The summed E-state index contributed by atoms with van der Waals surface area (Å²) in [6.45, 7) is 0. The van der Waals surface area contributed by atoms with Gasteiger partial charge in [0.1, 0.15) is 0 Å². The molecule has 1 N–H and O–H groups in total. The molecule has 0 radical (unpaired) electrons. The maximum atomic E-state index is 12.1. The molecule has 0 fully saturated rings. The Hall–Kier alpha value is -3.47. The number of nitrogens with zero attached hydrogens (tertiary/aromatic N) is 2. The van der Waals surface area contributed by atoms with Crippen LogP contribution < -0.4 is 0 Å². The number of para-hydroxylation sites is 1. The number of hydrogen-bond acceptors (Lipinski definition) is 3. The molecule has 118 valence electrons. The zero-order valence-corrected chi connectivity index (χ0v) is 12.7. The molecule has 0 saturated heterocycles. The van der Waals surface area contributed by atoms with Crippen LogP contribution in [-0.4, -0.2) is 26.6 Å². The lowest BCUT2D eigenvalue weighted by Crippen LogP contribution is -2.01. The van der Waals surface area contributed by atoms with Gasteiger partial charge in [0.15, 0.2) is 11.5 Å². The van der Waals surface area contributed by atoms with E-state index >= 15 is 0 Å². The normalized spacial score (nSPS) is 10.8. The van der Waals surface area contributed by atoms with E-state index in [-0.39, 0.29) is 11.5 Å². The molecule has 3 rings (SSSR count). The summed E-state index contributed by atoms with van der Waals surface area (Å²) in [4.78, 5) is 23.5. The van der Waals surface area contributed by atoms with E-state index in [2.05, 4.69) is 5.10 Å². The molecule has 0 bridgehead atoms. The van der Waals surface area contributed by atoms with Crippen molar-refractivity contribution in [2.45, 2.75) is 0 Å². The van der Waals surface area contributed by atoms with Crippen LogP contribution in [0.5, 0.6) is 0 Å². The first kappa shape index (κ1) is 15.4. The van der Waals surface area contributed by atoms with E-state index in [0.717, 1.165) is 5.69 Å². The standard InChI is InChI=1S/C19H14N2O3/c22-17(14-7-3-1-4-8-14)12-11-15-13-21(20-18(15)19(23)24)16-9-5-2-6-10-16/h1-13H,(H,23,24)/b12-11+. The maximum absolute atomic E-state index is 12.1. The summed E-state index contributed by atoms with van der Waals surface area (Å²) < 4.78 is 1.48. The van der Waals surface area contributed by atoms with Crippen LogP contribution in [0, 0.1) is 0 Å². The number of carboxylic acids is 1. The zero-order valence-electron chi connectivity index (χ0n) is 12.7. The summed E-state index contributed by atoms with van der Waals surface area (Å²) in [7, 11) is 0. The van der Waals surface area contributed by atoms with Crippen LogP contribution in [0.1, 0.15) is 26.4 Å². The Morgan fingerprint density at radius 3 is 2.21 bits per heavy atom. The third kappa shape index (κ3) is 3.30. The van der Waals surface area contributed by atoms with E-state index in [9.17, 15) is 14.7 Å². The molecule has 2 aromatic carbocycles. The molecule has 0 atom stereocenters. The second-order valence-corrected chi connectivity index (χ2v) is 5.08. The monoisotopic (exact) mass is 318 g/mol.